The number of hydrogen-bond donors (Lipinski definition) is 0. The molecule has 0 N–H and O–H groups in total. The minimum atomic E-state index is -1.48. The van der Waals surface area contributed by atoms with Gasteiger partial charge >= 0.3 is 0 Å². The summed E-state index contributed by atoms with van der Waals surface area (Å²) in [6, 6.07) is 50.8. The second-order valence-electron chi connectivity index (χ2n) is 22.7. The zero-order chi connectivity index (χ0) is 50.4. The van der Waals surface area contributed by atoms with Crippen LogP contribution in [0.15, 0.2) is 146 Å². The van der Waals surface area contributed by atoms with Crippen LogP contribution in [0.25, 0.3) is 16.0 Å². The third-order valence-corrected chi connectivity index (χ3v) is 17.4. The third-order valence-electron chi connectivity index (χ3n) is 16.2. The molecule has 3 aliphatic heterocycles. The Kier molecular flexibility index (Phi) is 10.4. The third kappa shape index (κ3) is 6.56. The topological polar surface area (TPSA) is 15.7 Å². The Hall–Kier alpha value is -6.77. The van der Waals surface area contributed by atoms with Crippen LogP contribution in [-0.4, -0.2) is 6.71 Å². The molecule has 1 aliphatic carbocycles. The van der Waals surface area contributed by atoms with Crippen LogP contribution in [0.5, 0.6) is 5.75 Å². The molecule has 0 radical (unpaired) electrons. The molecule has 8 aromatic rings. The van der Waals surface area contributed by atoms with E-state index in [1.165, 1.54) is 35.0 Å². The van der Waals surface area contributed by atoms with Crippen molar-refractivity contribution in [1.82, 2.24) is 0 Å². The van der Waals surface area contributed by atoms with E-state index in [0.717, 1.165) is 91.5 Å². The van der Waals surface area contributed by atoms with Crippen molar-refractivity contribution < 1.29 is 17.9 Å². The molecule has 1 fully saturated rings. The number of fused-ring (bicyclic) bond motifs is 7. The van der Waals surface area contributed by atoms with Crippen LogP contribution in [-0.2, 0) is 21.8 Å². The van der Waals surface area contributed by atoms with Gasteiger partial charge in [0.15, 0.2) is 17.5 Å². The van der Waals surface area contributed by atoms with Gasteiger partial charge in [-0.25, -0.2) is 13.2 Å². The number of allylic oxidation sites excluding steroid dienone is 1. The van der Waals surface area contributed by atoms with Crippen LogP contribution >= 0.6 is 11.3 Å². The first-order valence-corrected chi connectivity index (χ1v) is 26.1. The minimum Gasteiger partial charge on any atom is -0.481 e. The molecule has 3 nitrogen and oxygen atoms in total. The highest BCUT2D eigenvalue weighted by molar-refractivity contribution is 7.31. The molecule has 8 heteroatoms. The highest BCUT2D eigenvalue weighted by Crippen LogP contribution is 2.66. The normalized spacial score (nSPS) is 18.6. The summed E-state index contributed by atoms with van der Waals surface area (Å²) in [5.41, 5.74) is 14.6. The van der Waals surface area contributed by atoms with Gasteiger partial charge in [-0.05, 0) is 161 Å². The molecule has 0 bridgehead atoms. The van der Waals surface area contributed by atoms with Crippen molar-refractivity contribution in [2.75, 3.05) is 9.80 Å². The highest BCUT2D eigenvalue weighted by Gasteiger charge is 2.65. The van der Waals surface area contributed by atoms with E-state index >= 15 is 13.2 Å². The summed E-state index contributed by atoms with van der Waals surface area (Å²) in [4.78, 5) is 5.25. The van der Waals surface area contributed by atoms with Crippen LogP contribution in [0, 0.1) is 31.3 Å². The molecule has 1 saturated carbocycles. The molecule has 1 aromatic heterocycles. The summed E-state index contributed by atoms with van der Waals surface area (Å²) < 4.78 is 56.8. The lowest BCUT2D eigenvalue weighted by Crippen LogP contribution is -2.60. The Morgan fingerprint density at radius 1 is 0.639 bits per heavy atom. The largest absolute Gasteiger partial charge is 0.481 e. The molecular formula is C64H58BF3N2OS. The lowest BCUT2D eigenvalue weighted by Gasteiger charge is -2.44. The Morgan fingerprint density at radius 2 is 1.19 bits per heavy atom. The summed E-state index contributed by atoms with van der Waals surface area (Å²) in [6.07, 6.45) is 2.75. The average Bonchev–Trinajstić information content (AvgIpc) is 4.04. The van der Waals surface area contributed by atoms with E-state index in [-0.39, 0.29) is 34.2 Å². The molecule has 12 rings (SSSR count). The van der Waals surface area contributed by atoms with Crippen molar-refractivity contribution in [3.63, 3.8) is 0 Å². The number of halogens is 3. The molecule has 7 aromatic carbocycles. The van der Waals surface area contributed by atoms with E-state index in [1.807, 2.05) is 6.07 Å². The summed E-state index contributed by atoms with van der Waals surface area (Å²) in [7, 11) is 0. The number of aryl methyl sites for hydroxylation is 1. The van der Waals surface area contributed by atoms with Gasteiger partial charge in [-0.1, -0.05) is 133 Å². The summed E-state index contributed by atoms with van der Waals surface area (Å²) in [6.45, 7) is 22.6. The van der Waals surface area contributed by atoms with E-state index in [9.17, 15) is 0 Å². The van der Waals surface area contributed by atoms with Crippen molar-refractivity contribution in [3.8, 4) is 16.2 Å². The second kappa shape index (κ2) is 16.1. The standard InChI is InChI=1S/C64H58BF3N2OS/c1-37(2)54-39(4)57(66)59(68)58(67)55(54)53-36-51-60(72-53)65-47-35-52-46(63(42-18-13-11-14-19-42)30-17-31-64(63,71-52)43-20-15-12-16-21-43)34-48(47)69(44-26-22-40(23-27-44)61(5,6)7)49-32-38(3)33-50(56(49)65)70(51)45-28-24-41(25-29-45)62(8,9)10/h11-16,18-29,32-36H,1,17,30-31H2,2-10H3. The first kappa shape index (κ1) is 46.3. The number of rotatable bonds is 6. The molecular weight excluding hydrogens is 913 g/mol. The van der Waals surface area contributed by atoms with Crippen LogP contribution in [0.1, 0.15) is 112 Å². The van der Waals surface area contributed by atoms with Crippen molar-refractivity contribution in [2.24, 2.45) is 0 Å². The molecule has 0 amide bonds. The van der Waals surface area contributed by atoms with Crippen molar-refractivity contribution in [3.05, 3.63) is 208 Å². The van der Waals surface area contributed by atoms with Crippen molar-refractivity contribution in [1.29, 1.82) is 0 Å². The van der Waals surface area contributed by atoms with Crippen LogP contribution < -0.4 is 30.2 Å². The Labute approximate surface area is 426 Å². The van der Waals surface area contributed by atoms with Gasteiger partial charge in [0.05, 0.1) is 11.1 Å². The molecule has 2 atom stereocenters. The van der Waals surface area contributed by atoms with Gasteiger partial charge in [-0.15, -0.1) is 11.3 Å². The molecule has 0 spiro atoms. The van der Waals surface area contributed by atoms with Gasteiger partial charge in [-0.3, -0.25) is 0 Å². The van der Waals surface area contributed by atoms with Crippen LogP contribution in [0.2, 0.25) is 0 Å². The Balaban J connectivity index is 1.19. The maximum absolute atomic E-state index is 16.8. The molecule has 4 heterocycles. The second-order valence-corrected chi connectivity index (χ2v) is 23.8. The van der Waals surface area contributed by atoms with Crippen LogP contribution in [0.3, 0.4) is 0 Å². The predicted octanol–water partition coefficient (Wildman–Crippen LogP) is 15.9. The summed E-state index contributed by atoms with van der Waals surface area (Å²) in [5, 5.41) is 0. The first-order chi connectivity index (χ1) is 34.3. The van der Waals surface area contributed by atoms with Crippen molar-refractivity contribution >= 4 is 73.4 Å². The number of anilines is 6. The Morgan fingerprint density at radius 3 is 1.75 bits per heavy atom. The number of thiophene rings is 1. The average molecular weight is 971 g/mol. The Bertz CT molecular complexity index is 3540. The fraction of sp³-hybridized carbons (Fsp3) is 0.250. The molecule has 360 valence electrons. The number of ether oxygens (including phenoxy) is 1. The van der Waals surface area contributed by atoms with E-state index < -0.39 is 28.5 Å². The van der Waals surface area contributed by atoms with Gasteiger partial charge in [-0.2, -0.15) is 0 Å². The minimum absolute atomic E-state index is 0.0260. The van der Waals surface area contributed by atoms with Gasteiger partial charge in [0.25, 0.3) is 6.71 Å². The highest BCUT2D eigenvalue weighted by atomic mass is 32.1. The molecule has 0 saturated heterocycles. The van der Waals surface area contributed by atoms with Gasteiger partial charge < -0.3 is 14.5 Å². The SMILES string of the molecule is C=C(C)c1c(C)c(F)c(F)c(F)c1-c1cc2c(s1)B1c3cc4c(cc3N(c3ccc(C(C)(C)C)cc3)c3cc(C)cc(c31)N2c1ccc(C(C)(C)C)cc1)C1(c2ccccc2)CCCC1(c1ccccc1)O4. The number of hydrogen-bond acceptors (Lipinski definition) is 4. The summed E-state index contributed by atoms with van der Waals surface area (Å²) in [5.74, 6) is -3.04. The van der Waals surface area contributed by atoms with Gasteiger partial charge in [0.1, 0.15) is 11.4 Å². The van der Waals surface area contributed by atoms with Gasteiger partial charge in [0, 0.05) is 49.2 Å². The van der Waals surface area contributed by atoms with E-state index in [0.29, 0.717) is 10.5 Å². The maximum atomic E-state index is 16.8. The van der Waals surface area contributed by atoms with Crippen LogP contribution in [0.4, 0.5) is 47.3 Å². The monoisotopic (exact) mass is 970 g/mol. The van der Waals surface area contributed by atoms with Crippen molar-refractivity contribution in [2.45, 2.75) is 103 Å². The van der Waals surface area contributed by atoms with Gasteiger partial charge in [0.2, 0.25) is 0 Å². The lowest BCUT2D eigenvalue weighted by atomic mass is 9.36. The maximum Gasteiger partial charge on any atom is 0.264 e. The number of benzene rings is 7. The van der Waals surface area contributed by atoms with E-state index in [4.69, 9.17) is 4.74 Å². The zero-order valence-electron chi connectivity index (χ0n) is 42.5. The fourth-order valence-electron chi connectivity index (χ4n) is 12.9. The fourth-order valence-corrected chi connectivity index (χ4v) is 14.2. The number of nitrogens with zero attached hydrogens (tertiary/aromatic N) is 2. The first-order valence-electron chi connectivity index (χ1n) is 25.3. The van der Waals surface area contributed by atoms with E-state index in [1.54, 1.807) is 6.92 Å². The predicted molar refractivity (Wildman–Crippen MR) is 295 cm³/mol. The quantitative estimate of drug-likeness (QED) is 0.122. The molecule has 4 aliphatic rings. The summed E-state index contributed by atoms with van der Waals surface area (Å²) >= 11 is 1.44. The smallest absolute Gasteiger partial charge is 0.264 e. The molecule has 2 unspecified atom stereocenters. The zero-order valence-corrected chi connectivity index (χ0v) is 43.3. The van der Waals surface area contributed by atoms with E-state index in [2.05, 4.69) is 198 Å². The lowest BCUT2D eigenvalue weighted by molar-refractivity contribution is 0.0532. The molecule has 72 heavy (non-hydrogen) atoms.